The summed E-state index contributed by atoms with van der Waals surface area (Å²) in [6.45, 7) is 7.55. The molecule has 11 nitrogen and oxygen atoms in total. The Morgan fingerprint density at radius 1 is 1.02 bits per heavy atom. The van der Waals surface area contributed by atoms with Crippen LogP contribution in [0.1, 0.15) is 44.2 Å². The van der Waals surface area contributed by atoms with Crippen molar-refractivity contribution in [3.05, 3.63) is 48.4 Å². The highest BCUT2D eigenvalue weighted by Crippen LogP contribution is 2.37. The van der Waals surface area contributed by atoms with Crippen LogP contribution in [-0.2, 0) is 4.79 Å². The third kappa shape index (κ3) is 5.24. The lowest BCUT2D eigenvalue weighted by Gasteiger charge is -2.38. The first-order valence-electron chi connectivity index (χ1n) is 15.0. The molecule has 1 unspecified atom stereocenters. The van der Waals surface area contributed by atoms with Crippen LogP contribution in [0.5, 0.6) is 5.75 Å². The van der Waals surface area contributed by atoms with Crippen molar-refractivity contribution in [2.45, 2.75) is 38.6 Å². The van der Waals surface area contributed by atoms with Crippen molar-refractivity contribution in [1.82, 2.24) is 34.7 Å². The summed E-state index contributed by atoms with van der Waals surface area (Å²) < 4.78 is 5.81. The summed E-state index contributed by atoms with van der Waals surface area (Å²) in [5.41, 5.74) is 4.61. The highest BCUT2D eigenvalue weighted by molar-refractivity contribution is 5.85. The fourth-order valence-corrected chi connectivity index (χ4v) is 6.15. The fraction of sp³-hybridized carbons (Fsp3) is 0.452. The number of amides is 1. The number of pyridine rings is 1. The first-order chi connectivity index (χ1) is 20.6. The Bertz CT molecular complexity index is 1590. The fourth-order valence-electron chi connectivity index (χ4n) is 6.15. The third-order valence-corrected chi connectivity index (χ3v) is 8.76. The summed E-state index contributed by atoms with van der Waals surface area (Å²) in [6.07, 6.45) is 7.89. The maximum absolute atomic E-state index is 12.4. The Morgan fingerprint density at radius 3 is 2.60 bits per heavy atom. The highest BCUT2D eigenvalue weighted by Gasteiger charge is 2.35. The lowest BCUT2D eigenvalue weighted by atomic mass is 10.1. The highest BCUT2D eigenvalue weighted by atomic mass is 16.5. The van der Waals surface area contributed by atoms with Gasteiger partial charge in [-0.3, -0.25) is 9.69 Å². The summed E-state index contributed by atoms with van der Waals surface area (Å²) in [5.74, 6) is 3.53. The van der Waals surface area contributed by atoms with E-state index >= 15 is 0 Å². The van der Waals surface area contributed by atoms with Crippen LogP contribution in [0.3, 0.4) is 0 Å². The molecule has 2 aliphatic heterocycles. The standard InChI is InChI=1S/C31H37N9O2/c1-20(38-13-15-40(16-14-38)30(41)21-5-6-21)22-9-10-32-26(18-22)37-31-35-24-8-7-23(17-25(24)36-31)27-28(42-2)29(34-19-33-27)39-11-3-4-12-39/h7-10,17-21H,3-6,11-16H2,1-2H3,(H2,32,35,36,37). The number of benzene rings is 1. The van der Waals surface area contributed by atoms with E-state index in [1.807, 2.05) is 29.3 Å². The van der Waals surface area contributed by atoms with Crippen LogP contribution in [0.2, 0.25) is 0 Å². The summed E-state index contributed by atoms with van der Waals surface area (Å²) in [4.78, 5) is 41.0. The van der Waals surface area contributed by atoms with Crippen molar-refractivity contribution in [2.24, 2.45) is 5.92 Å². The first-order valence-corrected chi connectivity index (χ1v) is 15.0. The molecule has 1 saturated carbocycles. The number of aromatic amines is 1. The molecule has 42 heavy (non-hydrogen) atoms. The molecule has 0 radical (unpaired) electrons. The molecular weight excluding hydrogens is 530 g/mol. The van der Waals surface area contributed by atoms with E-state index in [9.17, 15) is 4.79 Å². The maximum Gasteiger partial charge on any atom is 0.225 e. The van der Waals surface area contributed by atoms with E-state index in [-0.39, 0.29) is 12.0 Å². The Labute approximate surface area is 245 Å². The smallest absolute Gasteiger partial charge is 0.225 e. The van der Waals surface area contributed by atoms with Crippen LogP contribution in [0.4, 0.5) is 17.6 Å². The summed E-state index contributed by atoms with van der Waals surface area (Å²) in [7, 11) is 1.68. The van der Waals surface area contributed by atoms with Crippen LogP contribution in [0, 0.1) is 5.92 Å². The number of nitrogens with zero attached hydrogens (tertiary/aromatic N) is 7. The van der Waals surface area contributed by atoms with E-state index in [0.29, 0.717) is 17.6 Å². The molecule has 4 aromatic rings. The lowest BCUT2D eigenvalue weighted by Crippen LogP contribution is -2.49. The Kier molecular flexibility index (Phi) is 7.10. The molecule has 11 heteroatoms. The lowest BCUT2D eigenvalue weighted by molar-refractivity contribution is -0.134. The van der Waals surface area contributed by atoms with Crippen molar-refractivity contribution in [1.29, 1.82) is 0 Å². The van der Waals surface area contributed by atoms with E-state index in [1.54, 1.807) is 13.4 Å². The summed E-state index contributed by atoms with van der Waals surface area (Å²) >= 11 is 0. The van der Waals surface area contributed by atoms with Crippen LogP contribution in [-0.4, -0.2) is 87.0 Å². The van der Waals surface area contributed by atoms with Crippen LogP contribution < -0.4 is 15.0 Å². The number of carbonyl (C=O) groups excluding carboxylic acids is 1. The number of hydrogen-bond acceptors (Lipinski definition) is 9. The number of carbonyl (C=O) groups is 1. The molecule has 218 valence electrons. The zero-order valence-corrected chi connectivity index (χ0v) is 24.2. The van der Waals surface area contributed by atoms with Gasteiger partial charge in [0.2, 0.25) is 11.9 Å². The molecule has 0 spiro atoms. The number of nitrogens with one attached hydrogen (secondary N) is 2. The normalized spacial score (nSPS) is 18.4. The van der Waals surface area contributed by atoms with Crippen molar-refractivity contribution in [3.8, 4) is 17.0 Å². The zero-order chi connectivity index (χ0) is 28.6. The van der Waals surface area contributed by atoms with Gasteiger partial charge in [0.1, 0.15) is 17.8 Å². The molecule has 7 rings (SSSR count). The number of methoxy groups -OCH3 is 1. The quantitative estimate of drug-likeness (QED) is 0.320. The van der Waals surface area contributed by atoms with E-state index in [1.165, 1.54) is 5.56 Å². The molecule has 1 atom stereocenters. The van der Waals surface area contributed by atoms with Crippen LogP contribution in [0.15, 0.2) is 42.9 Å². The molecule has 1 aliphatic carbocycles. The second-order valence-corrected chi connectivity index (χ2v) is 11.5. The van der Waals surface area contributed by atoms with Crippen molar-refractivity contribution in [3.63, 3.8) is 0 Å². The van der Waals surface area contributed by atoms with Gasteiger partial charge in [-0.15, -0.1) is 0 Å². The van der Waals surface area contributed by atoms with Crippen molar-refractivity contribution >= 4 is 34.5 Å². The molecule has 3 aromatic heterocycles. The molecule has 5 heterocycles. The minimum absolute atomic E-state index is 0.221. The van der Waals surface area contributed by atoms with Gasteiger partial charge in [0.25, 0.3) is 0 Å². The number of ether oxygens (including phenoxy) is 1. The molecule has 3 fully saturated rings. The van der Waals surface area contributed by atoms with E-state index in [0.717, 1.165) is 98.9 Å². The van der Waals surface area contributed by atoms with Gasteiger partial charge in [-0.05, 0) is 62.4 Å². The average molecular weight is 568 g/mol. The number of imidazole rings is 1. The maximum atomic E-state index is 12.4. The molecule has 0 bridgehead atoms. The van der Waals surface area contributed by atoms with E-state index in [4.69, 9.17) is 9.72 Å². The monoisotopic (exact) mass is 567 g/mol. The minimum atomic E-state index is 0.221. The number of rotatable bonds is 8. The van der Waals surface area contributed by atoms with Gasteiger partial charge in [0, 0.05) is 63.0 Å². The second-order valence-electron chi connectivity index (χ2n) is 11.5. The molecular formula is C31H37N9O2. The van der Waals surface area contributed by atoms with Gasteiger partial charge in [-0.2, -0.15) is 0 Å². The molecule has 1 amide bonds. The van der Waals surface area contributed by atoms with Crippen LogP contribution >= 0.6 is 0 Å². The van der Waals surface area contributed by atoms with Crippen LogP contribution in [0.25, 0.3) is 22.3 Å². The molecule has 2 saturated heterocycles. The van der Waals surface area contributed by atoms with E-state index in [2.05, 4.69) is 54.1 Å². The Hall–Kier alpha value is -4.25. The largest absolute Gasteiger partial charge is 0.491 e. The second kappa shape index (κ2) is 11.2. The van der Waals surface area contributed by atoms with Gasteiger partial charge in [0.15, 0.2) is 11.6 Å². The average Bonchev–Trinajstić information content (AvgIpc) is 3.58. The van der Waals surface area contributed by atoms with Crippen molar-refractivity contribution < 1.29 is 9.53 Å². The van der Waals surface area contributed by atoms with Crippen molar-refractivity contribution in [2.75, 3.05) is 56.6 Å². The van der Waals surface area contributed by atoms with Gasteiger partial charge in [-0.25, -0.2) is 19.9 Å². The third-order valence-electron chi connectivity index (χ3n) is 8.76. The number of hydrogen-bond donors (Lipinski definition) is 2. The van der Waals surface area contributed by atoms with Gasteiger partial charge >= 0.3 is 0 Å². The Morgan fingerprint density at radius 2 is 1.83 bits per heavy atom. The first kappa shape index (κ1) is 26.6. The minimum Gasteiger partial charge on any atom is -0.491 e. The molecule has 3 aliphatic rings. The molecule has 2 N–H and O–H groups in total. The van der Waals surface area contributed by atoms with Gasteiger partial charge in [-0.1, -0.05) is 6.07 Å². The van der Waals surface area contributed by atoms with Gasteiger partial charge < -0.3 is 24.8 Å². The topological polar surface area (TPSA) is 115 Å². The predicted octanol–water partition coefficient (Wildman–Crippen LogP) is 4.38. The number of anilines is 3. The zero-order valence-electron chi connectivity index (χ0n) is 24.2. The SMILES string of the molecule is COc1c(-c2ccc3nc(Nc4cc(C(C)N5CCN(C(=O)C6CC6)CC5)ccn4)[nH]c3c2)ncnc1N1CCCC1. The summed E-state index contributed by atoms with van der Waals surface area (Å²) in [6, 6.07) is 10.4. The Balaban J connectivity index is 1.06. The predicted molar refractivity (Wildman–Crippen MR) is 162 cm³/mol. The van der Waals surface area contributed by atoms with E-state index < -0.39 is 0 Å². The summed E-state index contributed by atoms with van der Waals surface area (Å²) in [5, 5.41) is 3.35. The number of H-pyrrole nitrogens is 1. The number of aromatic nitrogens is 5. The number of piperazine rings is 1. The van der Waals surface area contributed by atoms with Gasteiger partial charge in [0.05, 0.1) is 18.1 Å². The number of fused-ring (bicyclic) bond motifs is 1. The molecule has 1 aromatic carbocycles.